The fraction of sp³-hybridized carbons (Fsp3) is 0. The minimum absolute atomic E-state index is 0.893. The molecule has 0 saturated heterocycles. The van der Waals surface area contributed by atoms with Crippen molar-refractivity contribution in [3.8, 4) is 55.6 Å². The van der Waals surface area contributed by atoms with Gasteiger partial charge >= 0.3 is 0 Å². The highest BCUT2D eigenvalue weighted by atomic mass is 16.3. The summed E-state index contributed by atoms with van der Waals surface area (Å²) in [7, 11) is 0. The van der Waals surface area contributed by atoms with Crippen molar-refractivity contribution in [2.24, 2.45) is 0 Å². The second kappa shape index (κ2) is 15.8. The van der Waals surface area contributed by atoms with Crippen LogP contribution in [0.15, 0.2) is 253 Å². The van der Waals surface area contributed by atoms with Gasteiger partial charge in [-0.2, -0.15) is 0 Å². The number of benzene rings is 11. The van der Waals surface area contributed by atoms with Crippen LogP contribution in [0, 0.1) is 0 Å². The van der Waals surface area contributed by atoms with Crippen molar-refractivity contribution in [3.05, 3.63) is 249 Å². The topological polar surface area (TPSA) is 16.4 Å². The lowest BCUT2D eigenvalue weighted by Crippen LogP contribution is -2.11. The number of anilines is 3. The molecule has 0 aliphatic rings. The van der Waals surface area contributed by atoms with Crippen LogP contribution in [0.4, 0.5) is 17.1 Å². The molecule has 0 atom stereocenters. The Balaban J connectivity index is 1.02. The Kier molecular flexibility index (Phi) is 9.20. The first-order valence-electron chi connectivity index (χ1n) is 21.9. The molecule has 1 heterocycles. The third-order valence-corrected chi connectivity index (χ3v) is 12.7. The summed E-state index contributed by atoms with van der Waals surface area (Å²) in [5, 5.41) is 7.28. The zero-order valence-corrected chi connectivity index (χ0v) is 35.0. The van der Waals surface area contributed by atoms with Crippen molar-refractivity contribution in [2.45, 2.75) is 0 Å². The Morgan fingerprint density at radius 2 is 0.828 bits per heavy atom. The first-order chi connectivity index (χ1) is 31.7. The van der Waals surface area contributed by atoms with E-state index in [2.05, 4.69) is 241 Å². The minimum atomic E-state index is 0.893. The lowest BCUT2D eigenvalue weighted by Gasteiger charge is -2.29. The summed E-state index contributed by atoms with van der Waals surface area (Å²) in [5.41, 5.74) is 16.5. The van der Waals surface area contributed by atoms with Crippen molar-refractivity contribution >= 4 is 60.5 Å². The zero-order valence-electron chi connectivity index (χ0n) is 35.0. The van der Waals surface area contributed by atoms with E-state index >= 15 is 0 Å². The first-order valence-corrected chi connectivity index (χ1v) is 21.9. The summed E-state index contributed by atoms with van der Waals surface area (Å²) >= 11 is 0. The molecule has 0 fully saturated rings. The molecule has 0 spiro atoms. The van der Waals surface area contributed by atoms with E-state index in [1.54, 1.807) is 0 Å². The highest BCUT2D eigenvalue weighted by molar-refractivity contribution is 6.10. The number of furan rings is 1. The number of para-hydroxylation sites is 3. The Hall–Kier alpha value is -8.46. The van der Waals surface area contributed by atoms with Crippen LogP contribution in [0.2, 0.25) is 0 Å². The largest absolute Gasteiger partial charge is 0.455 e. The van der Waals surface area contributed by atoms with E-state index in [4.69, 9.17) is 4.42 Å². The van der Waals surface area contributed by atoms with Gasteiger partial charge in [-0.25, -0.2) is 0 Å². The fourth-order valence-electron chi connectivity index (χ4n) is 9.65. The molecule has 1 aromatic heterocycles. The van der Waals surface area contributed by atoms with E-state index in [9.17, 15) is 0 Å². The number of fused-ring (bicyclic) bond motifs is 6. The van der Waals surface area contributed by atoms with Gasteiger partial charge in [-0.3, -0.25) is 0 Å². The van der Waals surface area contributed by atoms with Gasteiger partial charge in [0.2, 0.25) is 0 Å². The molecule has 0 saturated carbocycles. The molecule has 0 amide bonds. The first kappa shape index (κ1) is 37.3. The van der Waals surface area contributed by atoms with Gasteiger partial charge in [0, 0.05) is 33.3 Å². The van der Waals surface area contributed by atoms with Gasteiger partial charge in [0.1, 0.15) is 11.2 Å². The van der Waals surface area contributed by atoms with E-state index in [-0.39, 0.29) is 0 Å². The molecular weight excluding hydrogens is 775 g/mol. The standard InChI is InChI=1S/C62H41NO/c1-2-16-43(17-3-1)51-22-6-7-23-54(51)55-24-8-9-25-56(55)57-26-10-12-30-60(57)63(49-20-14-19-46(41-49)53-28-15-29-59-58-27-11-13-31-61(58)64-62(53)59)48-37-34-42(35-38-48)45-36-39-52-47(40-45)33-32-44-18-4-5-21-50(44)52/h1-41H. The number of nitrogens with zero attached hydrogens (tertiary/aromatic N) is 1. The average molecular weight is 816 g/mol. The van der Waals surface area contributed by atoms with E-state index in [0.29, 0.717) is 0 Å². The van der Waals surface area contributed by atoms with E-state index in [1.165, 1.54) is 54.9 Å². The quantitative estimate of drug-likeness (QED) is 0.142. The summed E-state index contributed by atoms with van der Waals surface area (Å²) in [6, 6.07) is 89.7. The highest BCUT2D eigenvalue weighted by Gasteiger charge is 2.21. The molecule has 0 radical (unpaired) electrons. The summed E-state index contributed by atoms with van der Waals surface area (Å²) in [5.74, 6) is 0. The smallest absolute Gasteiger partial charge is 0.143 e. The Bertz CT molecular complexity index is 3670. The van der Waals surface area contributed by atoms with Crippen LogP contribution in [-0.2, 0) is 0 Å². The normalized spacial score (nSPS) is 11.4. The van der Waals surface area contributed by atoms with Gasteiger partial charge in [0.05, 0.1) is 5.69 Å². The molecule has 0 unspecified atom stereocenters. The minimum Gasteiger partial charge on any atom is -0.455 e. The maximum absolute atomic E-state index is 6.57. The SMILES string of the molecule is c1ccc(-c2ccccc2-c2ccccc2-c2ccccc2N(c2ccc(-c3ccc4c(ccc5ccccc54)c3)cc2)c2cccc(-c3cccc4c3oc3ccccc34)c2)cc1. The monoisotopic (exact) mass is 815 g/mol. The van der Waals surface area contributed by atoms with E-state index in [0.717, 1.165) is 61.3 Å². The summed E-state index contributed by atoms with van der Waals surface area (Å²) < 4.78 is 6.57. The van der Waals surface area contributed by atoms with E-state index < -0.39 is 0 Å². The van der Waals surface area contributed by atoms with Crippen molar-refractivity contribution < 1.29 is 4.42 Å². The van der Waals surface area contributed by atoms with Crippen LogP contribution in [0.3, 0.4) is 0 Å². The van der Waals surface area contributed by atoms with Crippen molar-refractivity contribution in [3.63, 3.8) is 0 Å². The van der Waals surface area contributed by atoms with Gasteiger partial charge in [-0.05, 0) is 109 Å². The average Bonchev–Trinajstić information content (AvgIpc) is 3.76. The summed E-state index contributed by atoms with van der Waals surface area (Å²) in [6.45, 7) is 0. The summed E-state index contributed by atoms with van der Waals surface area (Å²) in [6.07, 6.45) is 0. The predicted molar refractivity (Wildman–Crippen MR) is 271 cm³/mol. The molecular formula is C62H41NO. The number of hydrogen-bond donors (Lipinski definition) is 0. The molecule has 12 rings (SSSR count). The van der Waals surface area contributed by atoms with Crippen molar-refractivity contribution in [1.82, 2.24) is 0 Å². The zero-order chi connectivity index (χ0) is 42.4. The van der Waals surface area contributed by atoms with Gasteiger partial charge in [0.25, 0.3) is 0 Å². The maximum atomic E-state index is 6.57. The van der Waals surface area contributed by atoms with Crippen LogP contribution in [0.25, 0.3) is 99.1 Å². The van der Waals surface area contributed by atoms with Crippen molar-refractivity contribution in [1.29, 1.82) is 0 Å². The maximum Gasteiger partial charge on any atom is 0.143 e. The van der Waals surface area contributed by atoms with Crippen LogP contribution in [-0.4, -0.2) is 0 Å². The Morgan fingerprint density at radius 1 is 0.266 bits per heavy atom. The van der Waals surface area contributed by atoms with Crippen LogP contribution in [0.1, 0.15) is 0 Å². The molecule has 300 valence electrons. The second-order valence-electron chi connectivity index (χ2n) is 16.4. The van der Waals surface area contributed by atoms with Gasteiger partial charge < -0.3 is 9.32 Å². The van der Waals surface area contributed by atoms with Gasteiger partial charge in [-0.15, -0.1) is 0 Å². The van der Waals surface area contributed by atoms with Crippen LogP contribution in [0.5, 0.6) is 0 Å². The third-order valence-electron chi connectivity index (χ3n) is 12.7. The molecule has 2 heteroatoms. The lowest BCUT2D eigenvalue weighted by molar-refractivity contribution is 0.670. The molecule has 0 bridgehead atoms. The molecule has 11 aromatic carbocycles. The fourth-order valence-corrected chi connectivity index (χ4v) is 9.65. The Labute approximate surface area is 372 Å². The molecule has 0 aliphatic heterocycles. The van der Waals surface area contributed by atoms with Gasteiger partial charge in [-0.1, -0.05) is 206 Å². The van der Waals surface area contributed by atoms with Crippen molar-refractivity contribution in [2.75, 3.05) is 4.90 Å². The molecule has 0 N–H and O–H groups in total. The number of rotatable bonds is 8. The number of hydrogen-bond acceptors (Lipinski definition) is 2. The van der Waals surface area contributed by atoms with Crippen LogP contribution >= 0.6 is 0 Å². The predicted octanol–water partition coefficient (Wildman–Crippen LogP) is 17.7. The molecule has 64 heavy (non-hydrogen) atoms. The Morgan fingerprint density at radius 3 is 1.66 bits per heavy atom. The molecule has 12 aromatic rings. The third kappa shape index (κ3) is 6.52. The highest BCUT2D eigenvalue weighted by Crippen LogP contribution is 2.46. The molecule has 2 nitrogen and oxygen atoms in total. The van der Waals surface area contributed by atoms with Gasteiger partial charge in [0.15, 0.2) is 0 Å². The second-order valence-corrected chi connectivity index (χ2v) is 16.4. The lowest BCUT2D eigenvalue weighted by atomic mass is 9.88. The van der Waals surface area contributed by atoms with E-state index in [1.807, 2.05) is 12.1 Å². The molecule has 0 aliphatic carbocycles. The van der Waals surface area contributed by atoms with Crippen LogP contribution < -0.4 is 4.90 Å². The summed E-state index contributed by atoms with van der Waals surface area (Å²) in [4.78, 5) is 2.41.